The lowest BCUT2D eigenvalue weighted by Gasteiger charge is -2.39. The Morgan fingerprint density at radius 2 is 1.05 bits per heavy atom. The van der Waals surface area contributed by atoms with Crippen LogP contribution in [0.4, 0.5) is 15.3 Å². The number of methoxy groups -OCH3 is 2. The van der Waals surface area contributed by atoms with Gasteiger partial charge in [0, 0.05) is 24.2 Å². The van der Waals surface area contributed by atoms with E-state index in [0.717, 1.165) is 35.2 Å². The van der Waals surface area contributed by atoms with E-state index < -0.39 is 64.4 Å². The molecule has 3 aliphatic rings. The molecule has 0 aromatic heterocycles. The zero-order chi connectivity index (χ0) is 48.3. The Labute approximate surface area is 387 Å². The fourth-order valence-electron chi connectivity index (χ4n) is 10.3. The molecule has 66 heavy (non-hydrogen) atoms. The van der Waals surface area contributed by atoms with Crippen LogP contribution in [0.15, 0.2) is 72.8 Å². The summed E-state index contributed by atoms with van der Waals surface area (Å²) in [4.78, 5) is 85.3. The number of amides is 6. The number of carbonyl (C=O) groups is 6. The monoisotopic (exact) mass is 910 g/mol. The molecule has 3 heterocycles. The van der Waals surface area contributed by atoms with E-state index in [0.29, 0.717) is 36.8 Å². The third kappa shape index (κ3) is 9.03. The van der Waals surface area contributed by atoms with Gasteiger partial charge in [0.1, 0.15) is 23.2 Å². The summed E-state index contributed by atoms with van der Waals surface area (Å²) in [5.41, 5.74) is 14.2. The summed E-state index contributed by atoms with van der Waals surface area (Å²) in [5.74, 6) is -2.72. The van der Waals surface area contributed by atoms with Crippen LogP contribution < -0.4 is 27.0 Å². The second-order valence-corrected chi connectivity index (χ2v) is 19.2. The molecule has 0 unspecified atom stereocenters. The summed E-state index contributed by atoms with van der Waals surface area (Å²) in [6, 6.07) is 21.5. The van der Waals surface area contributed by atoms with Crippen molar-refractivity contribution in [1.82, 2.24) is 20.4 Å². The number of nitrogens with one attached hydrogen (secondary N) is 2. The molecule has 3 aromatic carbocycles. The van der Waals surface area contributed by atoms with Gasteiger partial charge in [-0.1, -0.05) is 102 Å². The fraction of sp³-hybridized carbons (Fsp3) is 0.520. The van der Waals surface area contributed by atoms with Crippen molar-refractivity contribution in [3.05, 3.63) is 101 Å². The first kappa shape index (κ1) is 49.3. The van der Waals surface area contributed by atoms with Crippen LogP contribution in [-0.4, -0.2) is 96.7 Å². The number of rotatable bonds is 15. The lowest BCUT2D eigenvalue weighted by molar-refractivity contribution is -0.146. The number of likely N-dealkylation sites (tertiary alicyclic amines) is 2. The quantitative estimate of drug-likeness (QED) is 0.130. The molecule has 0 saturated carbocycles. The second-order valence-electron chi connectivity index (χ2n) is 19.2. The van der Waals surface area contributed by atoms with Crippen molar-refractivity contribution in [3.63, 3.8) is 0 Å². The smallest absolute Gasteiger partial charge is 0.407 e. The van der Waals surface area contributed by atoms with Gasteiger partial charge in [-0.3, -0.25) is 19.2 Å². The number of benzene rings is 3. The van der Waals surface area contributed by atoms with Gasteiger partial charge < -0.3 is 51.4 Å². The lowest BCUT2D eigenvalue weighted by Crippen LogP contribution is -2.59. The van der Waals surface area contributed by atoms with Crippen molar-refractivity contribution < 1.29 is 43.3 Å². The molecule has 0 radical (unpaired) electrons. The third-order valence-corrected chi connectivity index (χ3v) is 14.2. The Kier molecular flexibility index (Phi) is 14.7. The zero-order valence-electron chi connectivity index (χ0n) is 39.5. The number of hydrogen-bond acceptors (Lipinski definition) is 10. The number of ether oxygens (including phenoxy) is 2. The highest BCUT2D eigenvalue weighted by Gasteiger charge is 2.53. The summed E-state index contributed by atoms with van der Waals surface area (Å²) >= 11 is 0. The summed E-state index contributed by atoms with van der Waals surface area (Å²) < 4.78 is 9.60. The number of alkyl carbamates (subject to hydrolysis) is 2. The van der Waals surface area contributed by atoms with Crippen molar-refractivity contribution in [1.29, 1.82) is 0 Å². The van der Waals surface area contributed by atoms with Crippen LogP contribution in [-0.2, 0) is 45.1 Å². The van der Waals surface area contributed by atoms with Crippen molar-refractivity contribution in [2.45, 2.75) is 121 Å². The Morgan fingerprint density at radius 1 is 0.667 bits per heavy atom. The third-order valence-electron chi connectivity index (χ3n) is 14.2. The van der Waals surface area contributed by atoms with Crippen molar-refractivity contribution in [2.24, 2.45) is 23.3 Å². The SMILES string of the molecule is COC(=O)N[C@H](C(=O)N1CCC[C@@]1(C(N)=O)c1ccc([C@@H]2CC[C@@H](c3ccc([C@]4(C(N)=O)CCCN4C(=O)[C@@H](NC(=O)OC)C(C)C)cc3)N2c2ccc(C(C)(C)CO)cc2)cc1)C(C)C. The van der Waals surface area contributed by atoms with Gasteiger partial charge in [0.2, 0.25) is 23.6 Å². The molecule has 0 bridgehead atoms. The Morgan fingerprint density at radius 3 is 1.36 bits per heavy atom. The molecule has 3 fully saturated rings. The van der Waals surface area contributed by atoms with E-state index >= 15 is 0 Å². The molecule has 6 rings (SSSR count). The molecule has 6 atom stereocenters. The molecule has 6 amide bonds. The van der Waals surface area contributed by atoms with Gasteiger partial charge in [-0.15, -0.1) is 0 Å². The first-order valence-electron chi connectivity index (χ1n) is 22.9. The van der Waals surface area contributed by atoms with Crippen molar-refractivity contribution in [3.8, 4) is 0 Å². The number of aliphatic hydroxyl groups is 1. The number of nitrogens with two attached hydrogens (primary N) is 2. The maximum absolute atomic E-state index is 14.1. The van der Waals surface area contributed by atoms with Crippen LogP contribution >= 0.6 is 0 Å². The zero-order valence-corrected chi connectivity index (χ0v) is 39.5. The van der Waals surface area contributed by atoms with Crippen LogP contribution in [0.3, 0.4) is 0 Å². The molecule has 356 valence electrons. The number of aliphatic hydroxyl groups excluding tert-OH is 1. The molecular weight excluding hydrogens is 843 g/mol. The van der Waals surface area contributed by atoms with E-state index in [2.05, 4.69) is 27.7 Å². The minimum absolute atomic E-state index is 0.0223. The number of hydrogen-bond donors (Lipinski definition) is 5. The Bertz CT molecular complexity index is 2140. The first-order valence-corrected chi connectivity index (χ1v) is 22.9. The average molecular weight is 910 g/mol. The molecule has 3 aliphatic heterocycles. The van der Waals surface area contributed by atoms with Gasteiger partial charge in [-0.2, -0.15) is 0 Å². The largest absolute Gasteiger partial charge is 0.453 e. The number of primary amides is 2. The van der Waals surface area contributed by atoms with Crippen molar-refractivity contribution in [2.75, 3.05) is 38.8 Å². The molecule has 0 spiro atoms. The van der Waals surface area contributed by atoms with Crippen LogP contribution in [0, 0.1) is 11.8 Å². The van der Waals surface area contributed by atoms with E-state index in [9.17, 15) is 33.9 Å². The van der Waals surface area contributed by atoms with Gasteiger partial charge in [0.05, 0.1) is 32.9 Å². The normalized spacial score (nSPS) is 22.9. The molecule has 0 aliphatic carbocycles. The summed E-state index contributed by atoms with van der Waals surface area (Å²) in [7, 11) is 2.46. The van der Waals surface area contributed by atoms with E-state index in [-0.39, 0.29) is 43.6 Å². The fourth-order valence-corrected chi connectivity index (χ4v) is 10.3. The predicted octanol–water partition coefficient (Wildman–Crippen LogP) is 5.41. The van der Waals surface area contributed by atoms with E-state index in [1.807, 2.05) is 102 Å². The van der Waals surface area contributed by atoms with Gasteiger partial charge in [-0.05, 0) is 90.3 Å². The molecule has 3 aromatic rings. The maximum Gasteiger partial charge on any atom is 0.407 e. The standard InChI is InChI=1S/C50H67N7O9/c1-30(2)40(53-46(63)65-7)42(59)55-27-9-25-49(55,44(51)61)35-15-11-32(12-16-35)38-23-24-39(57(38)37-21-19-34(20-22-37)48(5,6)29-58)33-13-17-36(18-14-33)50(45(52)62)26-10-28-56(50)43(60)41(31(3)4)54-47(64)66-8/h11-22,30-31,38-41,58H,9-10,23-29H2,1-8H3,(H2,51,61)(H2,52,62)(H,53,63)(H,54,64)/t38-,39-,40-,41-,49-,50-/m0/s1. The molecule has 3 saturated heterocycles. The number of nitrogens with zero attached hydrogens (tertiary/aromatic N) is 3. The molecular formula is C50H67N7O9. The highest BCUT2D eigenvalue weighted by Crippen LogP contribution is 2.49. The maximum atomic E-state index is 14.1. The Balaban J connectivity index is 1.36. The van der Waals surface area contributed by atoms with Gasteiger partial charge in [0.25, 0.3) is 0 Å². The highest BCUT2D eigenvalue weighted by molar-refractivity contribution is 5.96. The van der Waals surface area contributed by atoms with Gasteiger partial charge >= 0.3 is 12.2 Å². The minimum atomic E-state index is -1.43. The van der Waals surface area contributed by atoms with Gasteiger partial charge in [-0.25, -0.2) is 9.59 Å². The highest BCUT2D eigenvalue weighted by atomic mass is 16.5. The summed E-state index contributed by atoms with van der Waals surface area (Å²) in [5, 5.41) is 15.4. The topological polar surface area (TPSA) is 227 Å². The summed E-state index contributed by atoms with van der Waals surface area (Å²) in [6.45, 7) is 11.8. The minimum Gasteiger partial charge on any atom is -0.453 e. The average Bonchev–Trinajstić information content (AvgIpc) is 4.08. The number of anilines is 1. The van der Waals surface area contributed by atoms with Crippen LogP contribution in [0.2, 0.25) is 0 Å². The molecule has 7 N–H and O–H groups in total. The van der Waals surface area contributed by atoms with E-state index in [1.165, 1.54) is 24.0 Å². The van der Waals surface area contributed by atoms with Gasteiger partial charge in [0.15, 0.2) is 0 Å². The van der Waals surface area contributed by atoms with Crippen LogP contribution in [0.25, 0.3) is 0 Å². The molecule has 16 heteroatoms. The van der Waals surface area contributed by atoms with E-state index in [4.69, 9.17) is 20.9 Å². The van der Waals surface area contributed by atoms with Crippen molar-refractivity contribution >= 4 is 41.5 Å². The molecule has 16 nitrogen and oxygen atoms in total. The first-order chi connectivity index (χ1) is 31.3. The van der Waals surface area contributed by atoms with Crippen LogP contribution in [0.5, 0.6) is 0 Å². The lowest BCUT2D eigenvalue weighted by atomic mass is 9.84. The summed E-state index contributed by atoms with van der Waals surface area (Å²) in [6.07, 6.45) is 1.76. The number of carbonyl (C=O) groups excluding carboxylic acids is 6. The predicted molar refractivity (Wildman–Crippen MR) is 249 cm³/mol. The van der Waals surface area contributed by atoms with Crippen LogP contribution in [0.1, 0.15) is 120 Å². The van der Waals surface area contributed by atoms with E-state index in [1.54, 1.807) is 0 Å². The second kappa shape index (κ2) is 19.7. The Hall–Kier alpha value is -6.16.